The minimum absolute atomic E-state index is 0.104. The lowest BCUT2D eigenvalue weighted by molar-refractivity contribution is -0.144. The van der Waals surface area contributed by atoms with Crippen LogP contribution in [-0.4, -0.2) is 123 Å². The lowest BCUT2D eigenvalue weighted by Crippen LogP contribution is -2.61. The molecule has 0 fully saturated rings. The van der Waals surface area contributed by atoms with Crippen LogP contribution in [0.3, 0.4) is 0 Å². The van der Waals surface area contributed by atoms with Gasteiger partial charge in [-0.25, -0.2) is 4.79 Å². The predicted molar refractivity (Wildman–Crippen MR) is 237 cm³/mol. The van der Waals surface area contributed by atoms with Crippen molar-refractivity contribution in [1.29, 1.82) is 0 Å². The molecule has 0 unspecified atom stereocenters. The van der Waals surface area contributed by atoms with E-state index in [4.69, 9.17) is 11.5 Å². The van der Waals surface area contributed by atoms with E-state index in [9.17, 15) is 53.7 Å². The lowest BCUT2D eigenvalue weighted by Gasteiger charge is -2.27. The number of carbonyl (C=O) groups excluding carboxylic acids is 7. The number of nitrogens with two attached hydrogens (primary N) is 2. The van der Waals surface area contributed by atoms with E-state index in [1.54, 1.807) is 80.7 Å². The number of aliphatic hydroxyl groups is 2. The average Bonchev–Trinajstić information content (AvgIpc) is 3.70. The molecular formula is C45H57N9O11. The van der Waals surface area contributed by atoms with Crippen molar-refractivity contribution in [3.63, 3.8) is 0 Å². The quantitative estimate of drug-likeness (QED) is 0.0359. The van der Waals surface area contributed by atoms with Gasteiger partial charge in [-0.05, 0) is 35.1 Å². The summed E-state index contributed by atoms with van der Waals surface area (Å²) in [4.78, 5) is 109. The fourth-order valence-corrected chi connectivity index (χ4v) is 6.85. The van der Waals surface area contributed by atoms with Crippen LogP contribution in [0.15, 0.2) is 91.1 Å². The second kappa shape index (κ2) is 24.6. The van der Waals surface area contributed by atoms with Crippen molar-refractivity contribution < 1.29 is 53.7 Å². The molecule has 0 aliphatic rings. The van der Waals surface area contributed by atoms with Crippen LogP contribution < -0.4 is 43.4 Å². The van der Waals surface area contributed by atoms with Crippen LogP contribution in [0.4, 0.5) is 0 Å². The number of carbonyl (C=O) groups is 8. The molecule has 4 rings (SSSR count). The third kappa shape index (κ3) is 15.0. The van der Waals surface area contributed by atoms with Crippen molar-refractivity contribution in [2.75, 3.05) is 13.2 Å². The first-order valence-electron chi connectivity index (χ1n) is 21.0. The highest BCUT2D eigenvalue weighted by atomic mass is 16.4. The number of carboxylic acids is 1. The monoisotopic (exact) mass is 899 g/mol. The molecule has 348 valence electrons. The Labute approximate surface area is 374 Å². The van der Waals surface area contributed by atoms with E-state index in [0.717, 1.165) is 16.5 Å². The van der Waals surface area contributed by atoms with Crippen molar-refractivity contribution in [3.8, 4) is 0 Å². The third-order valence-corrected chi connectivity index (χ3v) is 10.7. The molecule has 0 radical (unpaired) electrons. The summed E-state index contributed by atoms with van der Waals surface area (Å²) in [5, 5.41) is 45.5. The Hall–Kier alpha value is -7.16. The van der Waals surface area contributed by atoms with Gasteiger partial charge in [0.15, 0.2) is 0 Å². The standard InChI is InChI=1S/C45H57N9O11/c1-3-25(2)38(45(64)65)54-42(61)34(21-37(47)57)51-44(63)36(24-56)53-41(60)33(19-27-14-8-5-9-15-27)49-40(59)32(18-26-12-6-4-7-13-26)50-43(62)35(23-55)52-39(58)30(46)20-28-22-48-31-17-11-10-16-29(28)31/h4-17,22,25,30,32-36,38,48,55-56H,3,18-21,23-24,46H2,1-2H3,(H2,47,57)(H,49,59)(H,50,62)(H,51,63)(H,52,58)(H,53,60)(H,54,61)(H,64,65)/t25-,30-,32-,33-,34-,35-,36-,38-/m0/s1. The highest BCUT2D eigenvalue weighted by Gasteiger charge is 2.35. The van der Waals surface area contributed by atoms with E-state index in [2.05, 4.69) is 36.9 Å². The van der Waals surface area contributed by atoms with Gasteiger partial charge in [0, 0.05) is 29.9 Å². The van der Waals surface area contributed by atoms with Crippen molar-refractivity contribution in [1.82, 2.24) is 36.9 Å². The number of carboxylic acid groups (broad SMARTS) is 1. The largest absolute Gasteiger partial charge is 0.480 e. The Kier molecular flexibility index (Phi) is 19.1. The SMILES string of the molecule is CC[C@H](C)[C@H](NC(=O)[C@H](CC(N)=O)NC(=O)[C@H](CO)NC(=O)[C@H](Cc1ccccc1)NC(=O)[C@H](Cc1ccccc1)NC(=O)[C@H](CO)NC(=O)[C@@H](N)Cc1c[nH]c2ccccc12)C(=O)O. The maximum absolute atomic E-state index is 14.2. The van der Waals surface area contributed by atoms with E-state index in [0.29, 0.717) is 17.5 Å². The fourth-order valence-electron chi connectivity index (χ4n) is 6.85. The minimum atomic E-state index is -1.76. The van der Waals surface area contributed by atoms with Crippen LogP contribution in [0.25, 0.3) is 10.9 Å². The maximum atomic E-state index is 14.2. The molecule has 0 saturated heterocycles. The number of aromatic amines is 1. The van der Waals surface area contributed by atoms with Crippen LogP contribution in [0.2, 0.25) is 0 Å². The summed E-state index contributed by atoms with van der Waals surface area (Å²) in [6.07, 6.45) is 1.17. The molecule has 7 amide bonds. The normalized spacial score (nSPS) is 14.8. The van der Waals surface area contributed by atoms with Gasteiger partial charge in [0.05, 0.1) is 25.7 Å². The number of fused-ring (bicyclic) bond motifs is 1. The van der Waals surface area contributed by atoms with Crippen molar-refractivity contribution >= 4 is 58.2 Å². The molecule has 1 aromatic heterocycles. The number of aliphatic hydroxyl groups excluding tert-OH is 2. The summed E-state index contributed by atoms with van der Waals surface area (Å²) in [7, 11) is 0. The van der Waals surface area contributed by atoms with E-state index in [1.165, 1.54) is 0 Å². The van der Waals surface area contributed by atoms with Gasteiger partial charge in [0.25, 0.3) is 0 Å². The Morgan fingerprint density at radius 3 is 1.49 bits per heavy atom. The number of primary amides is 1. The smallest absolute Gasteiger partial charge is 0.326 e. The Balaban J connectivity index is 1.52. The van der Waals surface area contributed by atoms with E-state index < -0.39 is 115 Å². The van der Waals surface area contributed by atoms with Crippen LogP contribution >= 0.6 is 0 Å². The highest BCUT2D eigenvalue weighted by molar-refractivity contribution is 5.98. The van der Waals surface area contributed by atoms with Gasteiger partial charge in [-0.3, -0.25) is 33.6 Å². The molecule has 20 nitrogen and oxygen atoms in total. The van der Waals surface area contributed by atoms with E-state index >= 15 is 0 Å². The summed E-state index contributed by atoms with van der Waals surface area (Å²) in [6, 6.07) is 14.0. The second-order valence-corrected chi connectivity index (χ2v) is 15.6. The Morgan fingerprint density at radius 2 is 1.02 bits per heavy atom. The number of para-hydroxylation sites is 1. The van der Waals surface area contributed by atoms with Gasteiger partial charge in [-0.15, -0.1) is 0 Å². The Bertz CT molecular complexity index is 2270. The van der Waals surface area contributed by atoms with Gasteiger partial charge in [-0.2, -0.15) is 0 Å². The first-order chi connectivity index (χ1) is 31.0. The molecule has 0 bridgehead atoms. The number of hydrogen-bond acceptors (Lipinski definition) is 11. The first kappa shape index (κ1) is 50.5. The van der Waals surface area contributed by atoms with Crippen LogP contribution in [0, 0.1) is 5.92 Å². The number of aliphatic carboxylic acids is 1. The summed E-state index contributed by atoms with van der Waals surface area (Å²) >= 11 is 0. The third-order valence-electron chi connectivity index (χ3n) is 10.7. The molecule has 0 aliphatic heterocycles. The number of benzene rings is 3. The first-order valence-corrected chi connectivity index (χ1v) is 21.0. The average molecular weight is 900 g/mol. The number of nitrogens with one attached hydrogen (secondary N) is 7. The van der Waals surface area contributed by atoms with Crippen LogP contribution in [0.1, 0.15) is 43.4 Å². The molecule has 8 atom stereocenters. The minimum Gasteiger partial charge on any atom is -0.480 e. The molecule has 14 N–H and O–H groups in total. The van der Waals surface area contributed by atoms with Gasteiger partial charge < -0.3 is 63.7 Å². The lowest BCUT2D eigenvalue weighted by atomic mass is 9.98. The number of aromatic nitrogens is 1. The molecule has 65 heavy (non-hydrogen) atoms. The number of amides is 7. The summed E-state index contributed by atoms with van der Waals surface area (Å²) in [6.45, 7) is 1.40. The van der Waals surface area contributed by atoms with Gasteiger partial charge in [0.1, 0.15) is 36.3 Å². The molecule has 3 aromatic carbocycles. The van der Waals surface area contributed by atoms with Crippen LogP contribution in [-0.2, 0) is 57.6 Å². The molecule has 4 aromatic rings. The van der Waals surface area contributed by atoms with Crippen LogP contribution in [0.5, 0.6) is 0 Å². The molecule has 0 spiro atoms. The second-order valence-electron chi connectivity index (χ2n) is 15.6. The topological polar surface area (TPSA) is 337 Å². The summed E-state index contributed by atoms with van der Waals surface area (Å²) in [5.41, 5.74) is 14.3. The number of rotatable bonds is 25. The molecule has 0 saturated carbocycles. The molecule has 20 heteroatoms. The van der Waals surface area contributed by atoms with E-state index in [-0.39, 0.29) is 19.3 Å². The summed E-state index contributed by atoms with van der Waals surface area (Å²) < 4.78 is 0. The van der Waals surface area contributed by atoms with E-state index in [1.807, 2.05) is 24.3 Å². The predicted octanol–water partition coefficient (Wildman–Crippen LogP) is -1.58. The van der Waals surface area contributed by atoms with Crippen molar-refractivity contribution in [2.24, 2.45) is 17.4 Å². The molecule has 1 heterocycles. The maximum Gasteiger partial charge on any atom is 0.326 e. The molecule has 0 aliphatic carbocycles. The summed E-state index contributed by atoms with van der Waals surface area (Å²) in [5.74, 6) is -8.65. The zero-order valence-corrected chi connectivity index (χ0v) is 36.0. The molecular weight excluding hydrogens is 843 g/mol. The zero-order valence-electron chi connectivity index (χ0n) is 36.0. The van der Waals surface area contributed by atoms with Crippen molar-refractivity contribution in [2.45, 2.75) is 88.2 Å². The fraction of sp³-hybridized carbons (Fsp3) is 0.378. The van der Waals surface area contributed by atoms with Crippen molar-refractivity contribution in [3.05, 3.63) is 108 Å². The van der Waals surface area contributed by atoms with Gasteiger partial charge in [-0.1, -0.05) is 99.1 Å². The zero-order chi connectivity index (χ0) is 47.6. The van der Waals surface area contributed by atoms with Gasteiger partial charge in [0.2, 0.25) is 41.4 Å². The number of H-pyrrole nitrogens is 1. The highest BCUT2D eigenvalue weighted by Crippen LogP contribution is 2.19. The Morgan fingerprint density at radius 1 is 0.585 bits per heavy atom. The van der Waals surface area contributed by atoms with Gasteiger partial charge >= 0.3 is 5.97 Å². The number of hydrogen-bond donors (Lipinski definition) is 12.